The monoisotopic (exact) mass is 495 g/mol. The summed E-state index contributed by atoms with van der Waals surface area (Å²) >= 11 is 5.74. The Morgan fingerprint density at radius 2 is 2.00 bits per heavy atom. The largest absolute Gasteiger partial charge is 0.381 e. The molecule has 1 aliphatic heterocycles. The molecule has 182 valence electrons. The minimum atomic E-state index is -1.20. The van der Waals surface area contributed by atoms with Crippen LogP contribution in [0, 0.1) is 23.4 Å². The van der Waals surface area contributed by atoms with E-state index in [1.54, 1.807) is 0 Å². The summed E-state index contributed by atoms with van der Waals surface area (Å²) in [6.07, 6.45) is 2.09. The molecule has 1 aliphatic rings. The lowest BCUT2D eigenvalue weighted by Gasteiger charge is -2.27. The van der Waals surface area contributed by atoms with Crippen LogP contribution in [0.25, 0.3) is 11.0 Å². The normalized spacial score (nSPS) is 14.6. The number of amides is 1. The number of nitrogens with zero attached hydrogens (tertiary/aromatic N) is 2. The molecule has 0 spiro atoms. The van der Waals surface area contributed by atoms with Gasteiger partial charge in [0.25, 0.3) is 5.91 Å². The van der Waals surface area contributed by atoms with Crippen molar-refractivity contribution < 1.29 is 22.7 Å². The molecule has 3 N–H and O–H groups in total. The van der Waals surface area contributed by atoms with Crippen molar-refractivity contribution in [3.05, 3.63) is 52.3 Å². The summed E-state index contributed by atoms with van der Waals surface area (Å²) in [4.78, 5) is 21.9. The average molecular weight is 496 g/mol. The van der Waals surface area contributed by atoms with E-state index in [1.807, 2.05) is 7.05 Å². The number of carbonyl (C=O) groups excluding carboxylic acids is 1. The second kappa shape index (κ2) is 10.6. The number of nitrogens with one attached hydrogen (secondary N) is 3. The van der Waals surface area contributed by atoms with E-state index in [0.29, 0.717) is 19.0 Å². The van der Waals surface area contributed by atoms with Gasteiger partial charge in [0, 0.05) is 38.5 Å². The lowest BCUT2D eigenvalue weighted by molar-refractivity contribution is 0.0562. The van der Waals surface area contributed by atoms with Gasteiger partial charge in [-0.1, -0.05) is 11.6 Å². The van der Waals surface area contributed by atoms with E-state index in [4.69, 9.17) is 16.3 Å². The van der Waals surface area contributed by atoms with Crippen molar-refractivity contribution in [3.63, 3.8) is 0 Å². The highest BCUT2D eigenvalue weighted by molar-refractivity contribution is 6.31. The number of halogens is 4. The fraction of sp³-hybridized carbons (Fsp3) is 0.391. The summed E-state index contributed by atoms with van der Waals surface area (Å²) in [5.41, 5.74) is -0.186. The second-order valence-electron chi connectivity index (χ2n) is 8.36. The van der Waals surface area contributed by atoms with E-state index in [2.05, 4.69) is 25.5 Å². The third kappa shape index (κ3) is 5.63. The number of benzene rings is 2. The Kier molecular flexibility index (Phi) is 7.60. The Balaban J connectivity index is 1.45. The fourth-order valence-corrected chi connectivity index (χ4v) is 4.14. The van der Waals surface area contributed by atoms with Gasteiger partial charge >= 0.3 is 0 Å². The predicted molar refractivity (Wildman–Crippen MR) is 125 cm³/mol. The van der Waals surface area contributed by atoms with Crippen LogP contribution in [0.15, 0.2) is 24.3 Å². The molecule has 0 saturated carbocycles. The quantitative estimate of drug-likeness (QED) is 0.423. The Labute approximate surface area is 199 Å². The van der Waals surface area contributed by atoms with Crippen LogP contribution < -0.4 is 10.6 Å². The maximum atomic E-state index is 14.4. The first-order valence-electron chi connectivity index (χ1n) is 11.0. The van der Waals surface area contributed by atoms with Gasteiger partial charge in [0.15, 0.2) is 11.6 Å². The van der Waals surface area contributed by atoms with Crippen molar-refractivity contribution in [1.82, 2.24) is 14.9 Å². The molecule has 2 heterocycles. The molecule has 0 aliphatic carbocycles. The number of carbonyl (C=O) groups is 1. The molecule has 0 atom stereocenters. The molecule has 4 rings (SSSR count). The van der Waals surface area contributed by atoms with Crippen LogP contribution in [0.4, 0.5) is 24.8 Å². The van der Waals surface area contributed by atoms with Crippen LogP contribution in [0.2, 0.25) is 5.02 Å². The number of imidazole rings is 1. The summed E-state index contributed by atoms with van der Waals surface area (Å²) in [7, 11) is 2.02. The van der Waals surface area contributed by atoms with E-state index in [0.717, 1.165) is 44.7 Å². The average Bonchev–Trinajstić information content (AvgIpc) is 3.23. The van der Waals surface area contributed by atoms with Gasteiger partial charge in [-0.2, -0.15) is 0 Å². The molecule has 0 bridgehead atoms. The Morgan fingerprint density at radius 3 is 2.74 bits per heavy atom. The maximum Gasteiger partial charge on any atom is 0.257 e. The van der Waals surface area contributed by atoms with Gasteiger partial charge in [0.05, 0.1) is 16.1 Å². The van der Waals surface area contributed by atoms with Crippen molar-refractivity contribution in [2.45, 2.75) is 12.8 Å². The van der Waals surface area contributed by atoms with Gasteiger partial charge in [-0.3, -0.25) is 4.79 Å². The number of ether oxygens (including phenoxy) is 1. The zero-order valence-corrected chi connectivity index (χ0v) is 19.3. The molecule has 11 heteroatoms. The standard InChI is InChI=1S/C23H25ClF3N5O2/c1-32(12-13-4-8-34-9-5-13)7-6-28-23-30-20-15(11-18(26)19(27)21(20)31-23)22(33)29-14-2-3-17(25)16(24)10-14/h2-3,10-11,13H,4-9,12H2,1H3,(H,29,33)(H2,28,30,31). The smallest absolute Gasteiger partial charge is 0.257 e. The van der Waals surface area contributed by atoms with Crippen molar-refractivity contribution >= 4 is 40.2 Å². The van der Waals surface area contributed by atoms with Crippen molar-refractivity contribution in [3.8, 4) is 0 Å². The number of anilines is 2. The van der Waals surface area contributed by atoms with Gasteiger partial charge in [0.1, 0.15) is 11.3 Å². The molecule has 1 amide bonds. The first-order chi connectivity index (χ1) is 16.3. The molecular weight excluding hydrogens is 471 g/mol. The third-order valence-electron chi connectivity index (χ3n) is 5.78. The van der Waals surface area contributed by atoms with E-state index < -0.39 is 23.4 Å². The van der Waals surface area contributed by atoms with E-state index in [1.165, 1.54) is 12.1 Å². The fourth-order valence-electron chi connectivity index (χ4n) is 3.96. The SMILES string of the molecule is CN(CCNc1nc2c(F)c(F)cc(C(=O)Nc3ccc(F)c(Cl)c3)c2[nH]1)CC1CCOCC1. The number of aromatic amines is 1. The number of fused-ring (bicyclic) bond motifs is 1. The highest BCUT2D eigenvalue weighted by Gasteiger charge is 2.21. The number of rotatable bonds is 8. The van der Waals surface area contributed by atoms with Gasteiger partial charge in [-0.05, 0) is 50.1 Å². The summed E-state index contributed by atoms with van der Waals surface area (Å²) in [6, 6.07) is 4.42. The molecule has 1 fully saturated rings. The molecule has 0 unspecified atom stereocenters. The zero-order valence-electron chi connectivity index (χ0n) is 18.6. The van der Waals surface area contributed by atoms with Gasteiger partial charge in [0.2, 0.25) is 5.95 Å². The number of aromatic nitrogens is 2. The van der Waals surface area contributed by atoms with Crippen molar-refractivity contribution in [2.24, 2.45) is 5.92 Å². The third-order valence-corrected chi connectivity index (χ3v) is 6.07. The van der Waals surface area contributed by atoms with Gasteiger partial charge < -0.3 is 25.3 Å². The van der Waals surface area contributed by atoms with Crippen LogP contribution in [-0.2, 0) is 4.74 Å². The lowest BCUT2D eigenvalue weighted by Crippen LogP contribution is -2.32. The minimum Gasteiger partial charge on any atom is -0.381 e. The van der Waals surface area contributed by atoms with Crippen LogP contribution >= 0.6 is 11.6 Å². The highest BCUT2D eigenvalue weighted by Crippen LogP contribution is 2.26. The van der Waals surface area contributed by atoms with Crippen LogP contribution in [-0.4, -0.2) is 60.7 Å². The van der Waals surface area contributed by atoms with Crippen molar-refractivity contribution in [2.75, 3.05) is 50.5 Å². The zero-order chi connectivity index (χ0) is 24.2. The summed E-state index contributed by atoms with van der Waals surface area (Å²) in [5, 5.41) is 5.40. The Morgan fingerprint density at radius 1 is 1.24 bits per heavy atom. The Hall–Kier alpha value is -2.82. The number of hydrogen-bond acceptors (Lipinski definition) is 5. The van der Waals surface area contributed by atoms with Crippen LogP contribution in [0.3, 0.4) is 0 Å². The molecule has 34 heavy (non-hydrogen) atoms. The summed E-state index contributed by atoms with van der Waals surface area (Å²) in [5.74, 6) is -2.91. The van der Waals surface area contributed by atoms with Crippen LogP contribution in [0.1, 0.15) is 23.2 Å². The number of H-pyrrole nitrogens is 1. The predicted octanol–water partition coefficient (Wildman–Crippen LogP) is 4.66. The molecular formula is C23H25ClF3N5O2. The Bertz CT molecular complexity index is 1180. The first-order valence-corrected chi connectivity index (χ1v) is 11.3. The maximum absolute atomic E-state index is 14.4. The lowest BCUT2D eigenvalue weighted by atomic mass is 10.00. The summed E-state index contributed by atoms with van der Waals surface area (Å²) in [6.45, 7) is 3.76. The second-order valence-corrected chi connectivity index (χ2v) is 8.76. The number of likely N-dealkylation sites (N-methyl/N-ethyl adjacent to an activating group) is 1. The topological polar surface area (TPSA) is 82.3 Å². The van der Waals surface area contributed by atoms with Gasteiger partial charge in [-0.15, -0.1) is 0 Å². The van der Waals surface area contributed by atoms with Gasteiger partial charge in [-0.25, -0.2) is 18.2 Å². The van der Waals surface area contributed by atoms with E-state index >= 15 is 0 Å². The molecule has 3 aromatic rings. The van der Waals surface area contributed by atoms with Crippen molar-refractivity contribution in [1.29, 1.82) is 0 Å². The van der Waals surface area contributed by atoms with E-state index in [9.17, 15) is 18.0 Å². The molecule has 1 saturated heterocycles. The van der Waals surface area contributed by atoms with E-state index in [-0.39, 0.29) is 33.3 Å². The first kappa shape index (κ1) is 24.3. The highest BCUT2D eigenvalue weighted by atomic mass is 35.5. The number of hydrogen-bond donors (Lipinski definition) is 3. The van der Waals surface area contributed by atoms with Crippen LogP contribution in [0.5, 0.6) is 0 Å². The summed E-state index contributed by atoms with van der Waals surface area (Å²) < 4.78 is 47.4. The molecule has 7 nitrogen and oxygen atoms in total. The molecule has 1 aromatic heterocycles. The molecule has 2 aromatic carbocycles. The molecule has 0 radical (unpaired) electrons. The minimum absolute atomic E-state index is 0.0441.